The van der Waals surface area contributed by atoms with E-state index < -0.39 is 0 Å². The van der Waals surface area contributed by atoms with Crippen LogP contribution in [0.2, 0.25) is 0 Å². The lowest BCUT2D eigenvalue weighted by Crippen LogP contribution is -2.31. The number of aromatic amines is 1. The lowest BCUT2D eigenvalue weighted by Gasteiger charge is -2.22. The maximum atomic E-state index is 13.1. The molecule has 0 aliphatic carbocycles. The first kappa shape index (κ1) is 16.2. The molecule has 0 unspecified atom stereocenters. The highest BCUT2D eigenvalue weighted by Crippen LogP contribution is 2.23. The zero-order valence-corrected chi connectivity index (χ0v) is 14.6. The lowest BCUT2D eigenvalue weighted by atomic mass is 10.1. The third-order valence-electron chi connectivity index (χ3n) is 4.56. The number of anilines is 1. The first-order valence-corrected chi connectivity index (χ1v) is 8.65. The molecule has 0 bridgehead atoms. The van der Waals surface area contributed by atoms with E-state index in [1.807, 2.05) is 73.8 Å². The van der Waals surface area contributed by atoms with Crippen LogP contribution in [0.5, 0.6) is 0 Å². The first-order valence-electron chi connectivity index (χ1n) is 8.65. The molecule has 1 N–H and O–H groups in total. The van der Waals surface area contributed by atoms with Gasteiger partial charge in [0.15, 0.2) is 0 Å². The van der Waals surface area contributed by atoms with Crippen LogP contribution < -0.4 is 4.90 Å². The van der Waals surface area contributed by atoms with Crippen molar-refractivity contribution in [3.63, 3.8) is 0 Å². The third kappa shape index (κ3) is 3.26. The lowest BCUT2D eigenvalue weighted by molar-refractivity contribution is -0.118. The number of nitrogens with zero attached hydrogens (tertiary/aromatic N) is 1. The molecule has 0 spiro atoms. The molecule has 0 fully saturated rings. The SMILES string of the molecule is Cc1ccc(N(Cc2ccco2)C(=O)Cc2c[nH]c3ccccc23)cc1. The molecule has 0 atom stereocenters. The Morgan fingerprint density at radius 2 is 1.85 bits per heavy atom. The number of fused-ring (bicyclic) bond motifs is 1. The van der Waals surface area contributed by atoms with Crippen LogP contribution in [-0.2, 0) is 17.8 Å². The van der Waals surface area contributed by atoms with Gasteiger partial charge < -0.3 is 14.3 Å². The van der Waals surface area contributed by atoms with Crippen molar-refractivity contribution in [2.24, 2.45) is 0 Å². The molecule has 4 aromatic rings. The number of hydrogen-bond acceptors (Lipinski definition) is 2. The van der Waals surface area contributed by atoms with Crippen LogP contribution in [-0.4, -0.2) is 10.9 Å². The average molecular weight is 344 g/mol. The van der Waals surface area contributed by atoms with Gasteiger partial charge in [-0.2, -0.15) is 0 Å². The van der Waals surface area contributed by atoms with Gasteiger partial charge in [-0.1, -0.05) is 35.9 Å². The number of para-hydroxylation sites is 1. The number of aromatic nitrogens is 1. The third-order valence-corrected chi connectivity index (χ3v) is 4.56. The summed E-state index contributed by atoms with van der Waals surface area (Å²) < 4.78 is 5.46. The van der Waals surface area contributed by atoms with Crippen LogP contribution in [0, 0.1) is 6.92 Å². The summed E-state index contributed by atoms with van der Waals surface area (Å²) in [4.78, 5) is 18.2. The van der Waals surface area contributed by atoms with Crippen molar-refractivity contribution in [1.29, 1.82) is 0 Å². The summed E-state index contributed by atoms with van der Waals surface area (Å²) in [6, 6.07) is 19.8. The second kappa shape index (κ2) is 6.92. The summed E-state index contributed by atoms with van der Waals surface area (Å²) in [5.74, 6) is 0.799. The molecule has 0 saturated carbocycles. The Hall–Kier alpha value is -3.27. The minimum absolute atomic E-state index is 0.0370. The second-order valence-electron chi connectivity index (χ2n) is 6.43. The maximum absolute atomic E-state index is 13.1. The molecule has 26 heavy (non-hydrogen) atoms. The largest absolute Gasteiger partial charge is 0.467 e. The zero-order valence-electron chi connectivity index (χ0n) is 14.6. The number of rotatable bonds is 5. The summed E-state index contributed by atoms with van der Waals surface area (Å²) in [6.07, 6.45) is 3.88. The molecular formula is C22H20N2O2. The van der Waals surface area contributed by atoms with Crippen molar-refractivity contribution in [3.05, 3.63) is 90.0 Å². The zero-order chi connectivity index (χ0) is 17.9. The first-order chi connectivity index (χ1) is 12.7. The Bertz CT molecular complexity index is 1010. The van der Waals surface area contributed by atoms with Crippen LogP contribution in [0.4, 0.5) is 5.69 Å². The highest BCUT2D eigenvalue weighted by atomic mass is 16.3. The predicted octanol–water partition coefficient (Wildman–Crippen LogP) is 4.85. The van der Waals surface area contributed by atoms with Gasteiger partial charge in [0.25, 0.3) is 0 Å². The number of aryl methyl sites for hydroxylation is 1. The normalized spacial score (nSPS) is 11.0. The molecule has 4 heteroatoms. The van der Waals surface area contributed by atoms with Crippen molar-refractivity contribution in [2.75, 3.05) is 4.90 Å². The molecule has 0 saturated heterocycles. The molecule has 0 aliphatic heterocycles. The molecule has 0 radical (unpaired) electrons. The molecule has 2 heterocycles. The van der Waals surface area contributed by atoms with Crippen LogP contribution in [0.15, 0.2) is 77.5 Å². The number of hydrogen-bond donors (Lipinski definition) is 1. The van der Waals surface area contributed by atoms with E-state index in [-0.39, 0.29) is 5.91 Å². The highest BCUT2D eigenvalue weighted by molar-refractivity contribution is 5.97. The number of amides is 1. The summed E-state index contributed by atoms with van der Waals surface area (Å²) in [5.41, 5.74) is 4.08. The predicted molar refractivity (Wildman–Crippen MR) is 103 cm³/mol. The van der Waals surface area contributed by atoms with Gasteiger partial charge in [0.2, 0.25) is 5.91 Å². The van der Waals surface area contributed by atoms with Gasteiger partial charge in [-0.3, -0.25) is 4.79 Å². The van der Waals surface area contributed by atoms with E-state index in [2.05, 4.69) is 4.98 Å². The van der Waals surface area contributed by atoms with E-state index in [0.29, 0.717) is 13.0 Å². The van der Waals surface area contributed by atoms with Crippen molar-refractivity contribution in [1.82, 2.24) is 4.98 Å². The van der Waals surface area contributed by atoms with E-state index in [4.69, 9.17) is 4.42 Å². The maximum Gasteiger partial charge on any atom is 0.231 e. The van der Waals surface area contributed by atoms with Crippen LogP contribution in [0.3, 0.4) is 0 Å². The Kier molecular flexibility index (Phi) is 4.32. The summed E-state index contributed by atoms with van der Waals surface area (Å²) >= 11 is 0. The Morgan fingerprint density at radius 3 is 2.62 bits per heavy atom. The van der Waals surface area contributed by atoms with Crippen LogP contribution in [0.1, 0.15) is 16.9 Å². The van der Waals surface area contributed by atoms with E-state index in [0.717, 1.165) is 33.5 Å². The number of furan rings is 1. The van der Waals surface area contributed by atoms with Gasteiger partial charge in [0.1, 0.15) is 5.76 Å². The summed E-state index contributed by atoms with van der Waals surface area (Å²) in [7, 11) is 0. The average Bonchev–Trinajstić information content (AvgIpc) is 3.31. The number of benzene rings is 2. The second-order valence-corrected chi connectivity index (χ2v) is 6.43. The molecule has 2 aromatic carbocycles. The van der Waals surface area contributed by atoms with Gasteiger partial charge in [-0.15, -0.1) is 0 Å². The minimum Gasteiger partial charge on any atom is -0.467 e. The quantitative estimate of drug-likeness (QED) is 0.563. The number of nitrogens with one attached hydrogen (secondary N) is 1. The fraction of sp³-hybridized carbons (Fsp3) is 0.136. The highest BCUT2D eigenvalue weighted by Gasteiger charge is 2.19. The molecule has 4 rings (SSSR count). The minimum atomic E-state index is 0.0370. The van der Waals surface area contributed by atoms with Gasteiger partial charge in [-0.05, 0) is 42.8 Å². The van der Waals surface area contributed by atoms with Crippen molar-refractivity contribution in [3.8, 4) is 0 Å². The number of H-pyrrole nitrogens is 1. The van der Waals surface area contributed by atoms with E-state index in [1.54, 1.807) is 11.2 Å². The van der Waals surface area contributed by atoms with Crippen molar-refractivity contribution >= 4 is 22.5 Å². The molecule has 130 valence electrons. The molecule has 4 nitrogen and oxygen atoms in total. The monoisotopic (exact) mass is 344 g/mol. The van der Waals surface area contributed by atoms with Gasteiger partial charge >= 0.3 is 0 Å². The van der Waals surface area contributed by atoms with Crippen molar-refractivity contribution < 1.29 is 9.21 Å². The van der Waals surface area contributed by atoms with Crippen LogP contribution >= 0.6 is 0 Å². The van der Waals surface area contributed by atoms with Gasteiger partial charge in [0, 0.05) is 22.8 Å². The van der Waals surface area contributed by atoms with Crippen molar-refractivity contribution in [2.45, 2.75) is 19.9 Å². The Balaban J connectivity index is 1.64. The Morgan fingerprint density at radius 1 is 1.04 bits per heavy atom. The summed E-state index contributed by atoms with van der Waals surface area (Å²) in [5, 5.41) is 1.09. The van der Waals surface area contributed by atoms with E-state index in [1.165, 1.54) is 0 Å². The van der Waals surface area contributed by atoms with E-state index in [9.17, 15) is 4.79 Å². The number of carbonyl (C=O) groups excluding carboxylic acids is 1. The standard InChI is InChI=1S/C22H20N2O2/c1-16-8-10-18(11-9-16)24(15-19-5-4-12-26-19)22(25)13-17-14-23-21-7-3-2-6-20(17)21/h2-12,14,23H,13,15H2,1H3. The molecule has 2 aromatic heterocycles. The topological polar surface area (TPSA) is 49.2 Å². The number of carbonyl (C=O) groups is 1. The fourth-order valence-corrected chi connectivity index (χ4v) is 3.14. The van der Waals surface area contributed by atoms with Crippen LogP contribution in [0.25, 0.3) is 10.9 Å². The van der Waals surface area contributed by atoms with Gasteiger partial charge in [-0.25, -0.2) is 0 Å². The van der Waals surface area contributed by atoms with Gasteiger partial charge in [0.05, 0.1) is 19.2 Å². The molecule has 0 aliphatic rings. The Labute approximate surface area is 152 Å². The van der Waals surface area contributed by atoms with E-state index >= 15 is 0 Å². The summed E-state index contributed by atoms with van der Waals surface area (Å²) in [6.45, 7) is 2.45. The fourth-order valence-electron chi connectivity index (χ4n) is 3.14. The molecular weight excluding hydrogens is 324 g/mol. The smallest absolute Gasteiger partial charge is 0.231 e. The molecule has 1 amide bonds.